The summed E-state index contributed by atoms with van der Waals surface area (Å²) in [6.07, 6.45) is 0.754. The maximum atomic E-state index is 11.5. The second-order valence-electron chi connectivity index (χ2n) is 5.75. The van der Waals surface area contributed by atoms with Gasteiger partial charge in [0.15, 0.2) is 0 Å². The van der Waals surface area contributed by atoms with Crippen LogP contribution in [0.25, 0.3) is 0 Å². The predicted octanol–water partition coefficient (Wildman–Crippen LogP) is 1.66. The van der Waals surface area contributed by atoms with Gasteiger partial charge in [0.25, 0.3) is 0 Å². The van der Waals surface area contributed by atoms with Crippen LogP contribution in [0.3, 0.4) is 0 Å². The van der Waals surface area contributed by atoms with Gasteiger partial charge >= 0.3 is 0 Å². The third-order valence-electron chi connectivity index (χ3n) is 4.33. The van der Waals surface area contributed by atoms with E-state index in [2.05, 4.69) is 4.90 Å². The molecule has 1 aromatic carbocycles. The zero-order chi connectivity index (χ0) is 14.9. The fourth-order valence-corrected chi connectivity index (χ4v) is 2.73. The second kappa shape index (κ2) is 5.32. The summed E-state index contributed by atoms with van der Waals surface area (Å²) < 4.78 is 5.08. The van der Waals surface area contributed by atoms with Crippen molar-refractivity contribution in [2.45, 2.75) is 26.3 Å². The Hall–Kier alpha value is -1.75. The zero-order valence-electron chi connectivity index (χ0n) is 12.2. The van der Waals surface area contributed by atoms with Gasteiger partial charge in [-0.1, -0.05) is 6.07 Å². The molecule has 0 aromatic heterocycles. The number of aromatic hydroxyl groups is 1. The molecule has 5 nitrogen and oxygen atoms in total. The van der Waals surface area contributed by atoms with E-state index in [0.29, 0.717) is 12.3 Å². The van der Waals surface area contributed by atoms with Crippen molar-refractivity contribution in [1.82, 2.24) is 4.90 Å². The first-order chi connectivity index (χ1) is 9.37. The summed E-state index contributed by atoms with van der Waals surface area (Å²) in [5, 5.41) is 10.1. The molecule has 1 amide bonds. The highest BCUT2D eigenvalue weighted by atomic mass is 16.5. The summed E-state index contributed by atoms with van der Waals surface area (Å²) in [7, 11) is 1.57. The van der Waals surface area contributed by atoms with Gasteiger partial charge in [-0.25, -0.2) is 0 Å². The number of phenolic OH excluding ortho intramolecular Hbond substituents is 1. The Balaban J connectivity index is 2.17. The first-order valence-electron chi connectivity index (χ1n) is 6.78. The topological polar surface area (TPSA) is 75.8 Å². The minimum absolute atomic E-state index is 0.0297. The van der Waals surface area contributed by atoms with E-state index >= 15 is 0 Å². The molecule has 1 aromatic rings. The summed E-state index contributed by atoms with van der Waals surface area (Å²) in [5.41, 5.74) is 5.83. The van der Waals surface area contributed by atoms with Gasteiger partial charge in [0.1, 0.15) is 11.5 Å². The molecule has 2 rings (SSSR count). The Kier molecular flexibility index (Phi) is 3.90. The molecule has 1 heterocycles. The molecule has 2 unspecified atom stereocenters. The fourth-order valence-electron chi connectivity index (χ4n) is 2.73. The Bertz CT molecular complexity index is 518. The first-order valence-corrected chi connectivity index (χ1v) is 6.78. The molecule has 0 radical (unpaired) electrons. The highest BCUT2D eigenvalue weighted by Gasteiger charge is 2.40. The maximum Gasteiger partial charge on any atom is 0.224 e. The standard InChI is InChI=1S/C15H22N2O3/c1-10(12-5-4-11(20-3)8-13(12)18)17-7-6-15(2,9-17)14(16)19/h4-5,8,10,18H,6-7,9H2,1-3H3,(H2,16,19). The van der Waals surface area contributed by atoms with Crippen LogP contribution in [-0.4, -0.2) is 36.1 Å². The van der Waals surface area contributed by atoms with Crippen molar-refractivity contribution in [3.63, 3.8) is 0 Å². The lowest BCUT2D eigenvalue weighted by atomic mass is 9.89. The van der Waals surface area contributed by atoms with E-state index < -0.39 is 5.41 Å². The van der Waals surface area contributed by atoms with Gasteiger partial charge in [0, 0.05) is 24.2 Å². The zero-order valence-corrected chi connectivity index (χ0v) is 12.2. The molecular formula is C15H22N2O3. The Morgan fingerprint density at radius 1 is 1.55 bits per heavy atom. The molecule has 1 fully saturated rings. The number of carbonyl (C=O) groups excluding carboxylic acids is 1. The van der Waals surface area contributed by atoms with Crippen molar-refractivity contribution in [3.05, 3.63) is 23.8 Å². The monoisotopic (exact) mass is 278 g/mol. The number of phenols is 1. The lowest BCUT2D eigenvalue weighted by molar-refractivity contribution is -0.126. The highest BCUT2D eigenvalue weighted by Crippen LogP contribution is 2.38. The maximum absolute atomic E-state index is 11.5. The molecule has 3 N–H and O–H groups in total. The number of primary amides is 1. The van der Waals surface area contributed by atoms with Crippen LogP contribution in [0.15, 0.2) is 18.2 Å². The van der Waals surface area contributed by atoms with Crippen LogP contribution in [0.2, 0.25) is 0 Å². The van der Waals surface area contributed by atoms with Crippen molar-refractivity contribution < 1.29 is 14.6 Å². The summed E-state index contributed by atoms with van der Waals surface area (Å²) in [6.45, 7) is 5.34. The van der Waals surface area contributed by atoms with Gasteiger partial charge < -0.3 is 15.6 Å². The van der Waals surface area contributed by atoms with Crippen LogP contribution in [-0.2, 0) is 4.79 Å². The van der Waals surface area contributed by atoms with Gasteiger partial charge in [-0.05, 0) is 32.9 Å². The van der Waals surface area contributed by atoms with Crippen LogP contribution >= 0.6 is 0 Å². The molecule has 0 bridgehead atoms. The smallest absolute Gasteiger partial charge is 0.224 e. The number of nitrogens with two attached hydrogens (primary N) is 1. The van der Waals surface area contributed by atoms with E-state index in [1.165, 1.54) is 0 Å². The largest absolute Gasteiger partial charge is 0.507 e. The number of likely N-dealkylation sites (tertiary alicyclic amines) is 1. The van der Waals surface area contributed by atoms with Crippen LogP contribution < -0.4 is 10.5 Å². The Morgan fingerprint density at radius 3 is 2.75 bits per heavy atom. The predicted molar refractivity (Wildman–Crippen MR) is 76.6 cm³/mol. The number of benzene rings is 1. The van der Waals surface area contributed by atoms with Crippen molar-refractivity contribution in [1.29, 1.82) is 0 Å². The van der Waals surface area contributed by atoms with Crippen LogP contribution in [0.5, 0.6) is 11.5 Å². The summed E-state index contributed by atoms with van der Waals surface area (Å²) >= 11 is 0. The molecule has 2 atom stereocenters. The second-order valence-corrected chi connectivity index (χ2v) is 5.75. The van der Waals surface area contributed by atoms with E-state index in [0.717, 1.165) is 18.5 Å². The number of hydrogen-bond donors (Lipinski definition) is 2. The number of amides is 1. The van der Waals surface area contributed by atoms with Gasteiger partial charge in [-0.3, -0.25) is 9.69 Å². The molecule has 0 saturated carbocycles. The normalized spacial score (nSPS) is 24.6. The van der Waals surface area contributed by atoms with Crippen LogP contribution in [0, 0.1) is 5.41 Å². The lowest BCUT2D eigenvalue weighted by Crippen LogP contribution is -2.37. The third kappa shape index (κ3) is 2.58. The molecule has 110 valence electrons. The number of carbonyl (C=O) groups is 1. The van der Waals surface area contributed by atoms with E-state index in [4.69, 9.17) is 10.5 Å². The SMILES string of the molecule is COc1ccc(C(C)N2CCC(C)(C(N)=O)C2)c(O)c1. The summed E-state index contributed by atoms with van der Waals surface area (Å²) in [6, 6.07) is 5.32. The van der Waals surface area contributed by atoms with Gasteiger partial charge in [-0.15, -0.1) is 0 Å². The Morgan fingerprint density at radius 2 is 2.25 bits per heavy atom. The van der Waals surface area contributed by atoms with E-state index in [1.807, 2.05) is 26.0 Å². The molecule has 0 spiro atoms. The van der Waals surface area contributed by atoms with Gasteiger partial charge in [0.2, 0.25) is 5.91 Å². The number of hydrogen-bond acceptors (Lipinski definition) is 4. The third-order valence-corrected chi connectivity index (χ3v) is 4.33. The minimum Gasteiger partial charge on any atom is -0.507 e. The van der Waals surface area contributed by atoms with Crippen molar-refractivity contribution >= 4 is 5.91 Å². The number of rotatable bonds is 4. The summed E-state index contributed by atoms with van der Waals surface area (Å²) in [4.78, 5) is 13.7. The molecule has 5 heteroatoms. The molecule has 1 saturated heterocycles. The van der Waals surface area contributed by atoms with Crippen molar-refractivity contribution in [2.75, 3.05) is 20.2 Å². The highest BCUT2D eigenvalue weighted by molar-refractivity contribution is 5.81. The number of methoxy groups -OCH3 is 1. The molecule has 1 aliphatic rings. The lowest BCUT2D eigenvalue weighted by Gasteiger charge is -2.27. The average molecular weight is 278 g/mol. The number of ether oxygens (including phenoxy) is 1. The summed E-state index contributed by atoms with van der Waals surface area (Å²) in [5.74, 6) is 0.581. The molecular weight excluding hydrogens is 256 g/mol. The molecule has 20 heavy (non-hydrogen) atoms. The van der Waals surface area contributed by atoms with E-state index in [-0.39, 0.29) is 17.7 Å². The minimum atomic E-state index is -0.476. The average Bonchev–Trinajstić information content (AvgIpc) is 2.82. The first kappa shape index (κ1) is 14.7. The quantitative estimate of drug-likeness (QED) is 0.878. The fraction of sp³-hybridized carbons (Fsp3) is 0.533. The Labute approximate surface area is 119 Å². The molecule has 0 aliphatic carbocycles. The van der Waals surface area contributed by atoms with Crippen LogP contribution in [0.1, 0.15) is 31.9 Å². The molecule has 1 aliphatic heterocycles. The van der Waals surface area contributed by atoms with Gasteiger partial charge in [0.05, 0.1) is 12.5 Å². The number of nitrogens with zero attached hydrogens (tertiary/aromatic N) is 1. The van der Waals surface area contributed by atoms with E-state index in [9.17, 15) is 9.90 Å². The van der Waals surface area contributed by atoms with Crippen molar-refractivity contribution in [3.8, 4) is 11.5 Å². The van der Waals surface area contributed by atoms with Gasteiger partial charge in [-0.2, -0.15) is 0 Å². The van der Waals surface area contributed by atoms with Crippen LogP contribution in [0.4, 0.5) is 0 Å². The van der Waals surface area contributed by atoms with Crippen molar-refractivity contribution in [2.24, 2.45) is 11.1 Å². The van der Waals surface area contributed by atoms with E-state index in [1.54, 1.807) is 13.2 Å².